The SMILES string of the molecule is CN(C)c1ccc(C(F)(F)F)cc1NC(=O)Cc1ccc(Cl)cc1. The molecule has 24 heavy (non-hydrogen) atoms. The lowest BCUT2D eigenvalue weighted by Crippen LogP contribution is -2.19. The van der Waals surface area contributed by atoms with Gasteiger partial charge in [-0.15, -0.1) is 0 Å². The molecular weight excluding hydrogens is 341 g/mol. The summed E-state index contributed by atoms with van der Waals surface area (Å²) in [6.07, 6.45) is -4.43. The van der Waals surface area contributed by atoms with Crippen molar-refractivity contribution in [1.82, 2.24) is 0 Å². The van der Waals surface area contributed by atoms with E-state index in [2.05, 4.69) is 5.32 Å². The Morgan fingerprint density at radius 1 is 1.12 bits per heavy atom. The fraction of sp³-hybridized carbons (Fsp3) is 0.235. The summed E-state index contributed by atoms with van der Waals surface area (Å²) in [5.74, 6) is -0.403. The highest BCUT2D eigenvalue weighted by molar-refractivity contribution is 6.30. The average Bonchev–Trinajstić information content (AvgIpc) is 2.48. The van der Waals surface area contributed by atoms with Crippen molar-refractivity contribution >= 4 is 28.9 Å². The average molecular weight is 357 g/mol. The van der Waals surface area contributed by atoms with Crippen LogP contribution < -0.4 is 10.2 Å². The van der Waals surface area contributed by atoms with Gasteiger partial charge in [-0.05, 0) is 35.9 Å². The predicted octanol–water partition coefficient (Wildman–Crippen LogP) is 4.61. The van der Waals surface area contributed by atoms with Gasteiger partial charge in [0.05, 0.1) is 23.4 Å². The summed E-state index contributed by atoms with van der Waals surface area (Å²) in [7, 11) is 3.38. The van der Waals surface area contributed by atoms with Crippen molar-refractivity contribution in [2.75, 3.05) is 24.3 Å². The first-order valence-electron chi connectivity index (χ1n) is 7.09. The van der Waals surface area contributed by atoms with Gasteiger partial charge in [0.2, 0.25) is 5.91 Å². The molecule has 0 spiro atoms. The van der Waals surface area contributed by atoms with E-state index in [-0.39, 0.29) is 12.1 Å². The van der Waals surface area contributed by atoms with E-state index < -0.39 is 17.6 Å². The van der Waals surface area contributed by atoms with Crippen molar-refractivity contribution < 1.29 is 18.0 Å². The van der Waals surface area contributed by atoms with Crippen LogP contribution in [0.25, 0.3) is 0 Å². The zero-order valence-electron chi connectivity index (χ0n) is 13.1. The molecule has 0 unspecified atom stereocenters. The Hall–Kier alpha value is -2.21. The molecule has 0 fully saturated rings. The molecule has 128 valence electrons. The molecule has 0 bridgehead atoms. The molecule has 1 amide bonds. The number of carbonyl (C=O) groups is 1. The topological polar surface area (TPSA) is 32.3 Å². The van der Waals surface area contributed by atoms with Gasteiger partial charge in [-0.2, -0.15) is 13.2 Å². The maximum Gasteiger partial charge on any atom is 0.416 e. The molecule has 0 aromatic heterocycles. The van der Waals surface area contributed by atoms with Crippen LogP contribution in [0.15, 0.2) is 42.5 Å². The molecule has 0 atom stereocenters. The third-order valence-corrected chi connectivity index (χ3v) is 3.61. The maximum atomic E-state index is 12.9. The molecule has 0 aliphatic carbocycles. The van der Waals surface area contributed by atoms with Crippen LogP contribution in [0.1, 0.15) is 11.1 Å². The first-order chi connectivity index (χ1) is 11.2. The molecule has 1 N–H and O–H groups in total. The van der Waals surface area contributed by atoms with Crippen LogP contribution in [-0.2, 0) is 17.4 Å². The summed E-state index contributed by atoms with van der Waals surface area (Å²) in [6.45, 7) is 0. The highest BCUT2D eigenvalue weighted by Gasteiger charge is 2.31. The van der Waals surface area contributed by atoms with Crippen molar-refractivity contribution in [3.05, 3.63) is 58.6 Å². The summed E-state index contributed by atoms with van der Waals surface area (Å²) in [5, 5.41) is 3.10. The van der Waals surface area contributed by atoms with Crippen LogP contribution in [0, 0.1) is 0 Å². The second-order valence-corrected chi connectivity index (χ2v) is 5.91. The van der Waals surface area contributed by atoms with Gasteiger partial charge < -0.3 is 10.2 Å². The molecule has 7 heteroatoms. The highest BCUT2D eigenvalue weighted by Crippen LogP contribution is 2.35. The third-order valence-electron chi connectivity index (χ3n) is 3.36. The smallest absolute Gasteiger partial charge is 0.376 e. The lowest BCUT2D eigenvalue weighted by atomic mass is 10.1. The number of rotatable bonds is 4. The van der Waals surface area contributed by atoms with E-state index >= 15 is 0 Å². The number of nitrogens with one attached hydrogen (secondary N) is 1. The molecule has 3 nitrogen and oxygen atoms in total. The number of benzene rings is 2. The summed E-state index contributed by atoms with van der Waals surface area (Å²) >= 11 is 5.78. The minimum absolute atomic E-state index is 0.0419. The fourth-order valence-corrected chi connectivity index (χ4v) is 2.31. The van der Waals surface area contributed by atoms with Gasteiger partial charge in [-0.1, -0.05) is 23.7 Å². The summed E-state index contributed by atoms with van der Waals surface area (Å²) in [4.78, 5) is 13.8. The zero-order valence-corrected chi connectivity index (χ0v) is 13.9. The van der Waals surface area contributed by atoms with E-state index in [1.165, 1.54) is 6.07 Å². The Morgan fingerprint density at radius 2 is 1.75 bits per heavy atom. The summed E-state index contributed by atoms with van der Waals surface area (Å²) in [5.41, 5.74) is 0.520. The number of halogens is 4. The van der Waals surface area contributed by atoms with E-state index in [1.54, 1.807) is 43.3 Å². The van der Waals surface area contributed by atoms with Crippen LogP contribution in [0.3, 0.4) is 0 Å². The van der Waals surface area contributed by atoms with E-state index in [1.807, 2.05) is 0 Å². The maximum absolute atomic E-state index is 12.9. The van der Waals surface area contributed by atoms with Crippen LogP contribution >= 0.6 is 11.6 Å². The first kappa shape index (κ1) is 18.1. The summed E-state index contributed by atoms with van der Waals surface area (Å²) in [6, 6.07) is 9.96. The van der Waals surface area contributed by atoms with Gasteiger partial charge >= 0.3 is 6.18 Å². The Balaban J connectivity index is 2.22. The fourth-order valence-electron chi connectivity index (χ4n) is 2.18. The normalized spacial score (nSPS) is 11.2. The monoisotopic (exact) mass is 356 g/mol. The quantitative estimate of drug-likeness (QED) is 0.868. The van der Waals surface area contributed by atoms with Crippen molar-refractivity contribution in [3.8, 4) is 0 Å². The van der Waals surface area contributed by atoms with Crippen LogP contribution in [0.2, 0.25) is 5.02 Å². The molecule has 2 aromatic rings. The largest absolute Gasteiger partial charge is 0.416 e. The van der Waals surface area contributed by atoms with Gasteiger partial charge in [0.25, 0.3) is 0 Å². The third kappa shape index (κ3) is 4.64. The standard InChI is InChI=1S/C17H16ClF3N2O/c1-23(2)15-8-5-12(17(19,20)21)10-14(15)22-16(24)9-11-3-6-13(18)7-4-11/h3-8,10H,9H2,1-2H3,(H,22,24). The van der Waals surface area contributed by atoms with E-state index in [0.717, 1.165) is 17.7 Å². The van der Waals surface area contributed by atoms with Gasteiger partial charge in [0.15, 0.2) is 0 Å². The molecule has 0 aliphatic rings. The molecule has 0 aliphatic heterocycles. The Labute approximate surface area is 143 Å². The number of alkyl halides is 3. The number of hydrogen-bond acceptors (Lipinski definition) is 2. The minimum Gasteiger partial charge on any atom is -0.376 e. The molecule has 0 saturated carbocycles. The molecule has 2 aromatic carbocycles. The van der Waals surface area contributed by atoms with Crippen LogP contribution in [0.5, 0.6) is 0 Å². The minimum atomic E-state index is -4.47. The van der Waals surface area contributed by atoms with E-state index in [0.29, 0.717) is 10.7 Å². The van der Waals surface area contributed by atoms with Gasteiger partial charge in [0, 0.05) is 19.1 Å². The number of amides is 1. The molecule has 0 saturated heterocycles. The Bertz CT molecular complexity index is 728. The lowest BCUT2D eigenvalue weighted by Gasteiger charge is -2.20. The second-order valence-electron chi connectivity index (χ2n) is 5.48. The first-order valence-corrected chi connectivity index (χ1v) is 7.47. The van der Waals surface area contributed by atoms with Gasteiger partial charge in [0.1, 0.15) is 0 Å². The van der Waals surface area contributed by atoms with Crippen molar-refractivity contribution in [3.63, 3.8) is 0 Å². The Morgan fingerprint density at radius 3 is 2.29 bits per heavy atom. The second kappa shape index (κ2) is 7.13. The molecule has 0 heterocycles. The Kier molecular flexibility index (Phi) is 5.39. The number of hydrogen-bond donors (Lipinski definition) is 1. The van der Waals surface area contributed by atoms with E-state index in [9.17, 15) is 18.0 Å². The van der Waals surface area contributed by atoms with Gasteiger partial charge in [-0.25, -0.2) is 0 Å². The van der Waals surface area contributed by atoms with E-state index in [4.69, 9.17) is 11.6 Å². The van der Waals surface area contributed by atoms with Gasteiger partial charge in [-0.3, -0.25) is 4.79 Å². The molecular formula is C17H16ClF3N2O. The number of nitrogens with zero attached hydrogens (tertiary/aromatic N) is 1. The lowest BCUT2D eigenvalue weighted by molar-refractivity contribution is -0.137. The van der Waals surface area contributed by atoms with Crippen LogP contribution in [0.4, 0.5) is 24.5 Å². The van der Waals surface area contributed by atoms with Crippen molar-refractivity contribution in [2.24, 2.45) is 0 Å². The number of anilines is 2. The number of carbonyl (C=O) groups excluding carboxylic acids is 1. The molecule has 0 radical (unpaired) electrons. The van der Waals surface area contributed by atoms with Crippen molar-refractivity contribution in [2.45, 2.75) is 12.6 Å². The van der Waals surface area contributed by atoms with Crippen molar-refractivity contribution in [1.29, 1.82) is 0 Å². The zero-order chi connectivity index (χ0) is 17.9. The predicted molar refractivity (Wildman–Crippen MR) is 89.6 cm³/mol. The highest BCUT2D eigenvalue weighted by atomic mass is 35.5. The summed E-state index contributed by atoms with van der Waals surface area (Å²) < 4.78 is 38.7. The molecule has 2 rings (SSSR count). The van der Waals surface area contributed by atoms with Crippen LogP contribution in [-0.4, -0.2) is 20.0 Å².